The molecule has 2 atom stereocenters. The predicted molar refractivity (Wildman–Crippen MR) is 72.6 cm³/mol. The minimum Gasteiger partial charge on any atom is -0.326 e. The van der Waals surface area contributed by atoms with Crippen molar-refractivity contribution in [2.75, 3.05) is 0 Å². The van der Waals surface area contributed by atoms with Crippen LogP contribution in [0.5, 0.6) is 0 Å². The van der Waals surface area contributed by atoms with Gasteiger partial charge in [0, 0.05) is 36.3 Å². The van der Waals surface area contributed by atoms with Crippen molar-refractivity contribution in [1.82, 2.24) is 4.90 Å². The molecule has 0 aliphatic carbocycles. The zero-order valence-corrected chi connectivity index (χ0v) is 11.3. The Hall–Kier alpha value is -0.930. The molecule has 0 radical (unpaired) electrons. The number of benzene rings is 1. The topological polar surface area (TPSA) is 29.3 Å². The highest BCUT2D eigenvalue weighted by molar-refractivity contribution is 5.26. The highest BCUT2D eigenvalue weighted by atomic mass is 19.1. The first kappa shape index (κ1) is 13.5. The maximum Gasteiger partial charge on any atom is 0.132 e. The Morgan fingerprint density at radius 2 is 1.83 bits per heavy atom. The number of hydrogen-bond donors (Lipinski definition) is 1. The lowest BCUT2D eigenvalue weighted by atomic mass is 9.96. The normalized spacial score (nSPS) is 25.3. The van der Waals surface area contributed by atoms with Gasteiger partial charge in [0.2, 0.25) is 0 Å². The van der Waals surface area contributed by atoms with Gasteiger partial charge >= 0.3 is 0 Å². The minimum absolute atomic E-state index is 0.120. The lowest BCUT2D eigenvalue weighted by Gasteiger charge is -2.39. The van der Waals surface area contributed by atoms with Gasteiger partial charge in [-0.15, -0.1) is 0 Å². The van der Waals surface area contributed by atoms with Crippen molar-refractivity contribution in [2.24, 2.45) is 5.73 Å². The fourth-order valence-corrected chi connectivity index (χ4v) is 2.90. The fourth-order valence-electron chi connectivity index (χ4n) is 2.90. The van der Waals surface area contributed by atoms with Gasteiger partial charge in [-0.2, -0.15) is 0 Å². The van der Waals surface area contributed by atoms with Crippen molar-refractivity contribution >= 4 is 0 Å². The van der Waals surface area contributed by atoms with Crippen molar-refractivity contribution in [1.29, 1.82) is 0 Å². The van der Waals surface area contributed by atoms with E-state index < -0.39 is 0 Å². The quantitative estimate of drug-likeness (QED) is 0.893. The van der Waals surface area contributed by atoms with E-state index in [2.05, 4.69) is 18.7 Å². The van der Waals surface area contributed by atoms with Gasteiger partial charge in [-0.05, 0) is 26.7 Å². The molecule has 0 bridgehead atoms. The summed E-state index contributed by atoms with van der Waals surface area (Å²) >= 11 is 0. The molecule has 1 saturated heterocycles. The third kappa shape index (κ3) is 2.73. The standard InChI is InChI=1S/C15H23FN2/c1-11-5-3-6-12(2)18(11)10-14-8-4-7-13(9-17)15(14)16/h4,7-8,11-12H,3,5-6,9-10,17H2,1-2H3. The van der Waals surface area contributed by atoms with E-state index in [9.17, 15) is 4.39 Å². The average Bonchev–Trinajstić information content (AvgIpc) is 2.36. The molecule has 3 heteroatoms. The largest absolute Gasteiger partial charge is 0.326 e. The number of nitrogens with two attached hydrogens (primary N) is 1. The molecule has 0 saturated carbocycles. The summed E-state index contributed by atoms with van der Waals surface area (Å²) in [5.74, 6) is -0.120. The monoisotopic (exact) mass is 250 g/mol. The van der Waals surface area contributed by atoms with Crippen LogP contribution in [0, 0.1) is 5.82 Å². The molecule has 1 aromatic carbocycles. The lowest BCUT2D eigenvalue weighted by molar-refractivity contribution is 0.0939. The molecule has 18 heavy (non-hydrogen) atoms. The Kier molecular flexibility index (Phi) is 4.36. The SMILES string of the molecule is CC1CCCC(C)N1Cc1cccc(CN)c1F. The third-order valence-corrected chi connectivity index (χ3v) is 4.11. The Morgan fingerprint density at radius 1 is 1.22 bits per heavy atom. The van der Waals surface area contributed by atoms with Crippen LogP contribution in [-0.4, -0.2) is 17.0 Å². The van der Waals surface area contributed by atoms with Crippen LogP contribution < -0.4 is 5.73 Å². The second-order valence-electron chi connectivity index (χ2n) is 5.40. The Bertz CT molecular complexity index is 395. The number of likely N-dealkylation sites (tertiary alicyclic amines) is 1. The maximum atomic E-state index is 14.2. The number of nitrogens with zero attached hydrogens (tertiary/aromatic N) is 1. The van der Waals surface area contributed by atoms with Gasteiger partial charge in [0.1, 0.15) is 5.82 Å². The first-order valence-corrected chi connectivity index (χ1v) is 6.85. The van der Waals surface area contributed by atoms with Crippen molar-refractivity contribution in [3.05, 3.63) is 35.1 Å². The molecular weight excluding hydrogens is 227 g/mol. The summed E-state index contributed by atoms with van der Waals surface area (Å²) in [6, 6.07) is 6.62. The highest BCUT2D eigenvalue weighted by Gasteiger charge is 2.25. The van der Waals surface area contributed by atoms with Crippen molar-refractivity contribution in [3.8, 4) is 0 Å². The van der Waals surface area contributed by atoms with E-state index in [0.29, 0.717) is 24.2 Å². The van der Waals surface area contributed by atoms with Crippen LogP contribution in [0.25, 0.3) is 0 Å². The summed E-state index contributed by atoms with van der Waals surface area (Å²) in [5.41, 5.74) is 6.95. The predicted octanol–water partition coefficient (Wildman–Crippen LogP) is 3.05. The molecule has 1 heterocycles. The summed E-state index contributed by atoms with van der Waals surface area (Å²) < 4.78 is 14.2. The number of piperidine rings is 1. The zero-order valence-electron chi connectivity index (χ0n) is 11.3. The Morgan fingerprint density at radius 3 is 2.44 bits per heavy atom. The van der Waals surface area contributed by atoms with Crippen LogP contribution in [0.1, 0.15) is 44.2 Å². The molecule has 2 rings (SSSR count). The smallest absolute Gasteiger partial charge is 0.132 e. The molecule has 0 spiro atoms. The molecule has 100 valence electrons. The van der Waals surface area contributed by atoms with E-state index in [1.54, 1.807) is 6.07 Å². The minimum atomic E-state index is -0.120. The molecular formula is C15H23FN2. The van der Waals surface area contributed by atoms with E-state index in [0.717, 1.165) is 5.56 Å². The molecule has 2 unspecified atom stereocenters. The lowest BCUT2D eigenvalue weighted by Crippen LogP contribution is -2.43. The van der Waals surface area contributed by atoms with Gasteiger partial charge in [0.15, 0.2) is 0 Å². The van der Waals surface area contributed by atoms with Crippen LogP contribution >= 0.6 is 0 Å². The summed E-state index contributed by atoms with van der Waals surface area (Å²) in [6.45, 7) is 5.44. The molecule has 1 aliphatic heterocycles. The molecule has 1 fully saturated rings. The second kappa shape index (κ2) is 5.81. The molecule has 2 N–H and O–H groups in total. The van der Waals surface area contributed by atoms with Gasteiger partial charge < -0.3 is 5.73 Å². The zero-order chi connectivity index (χ0) is 13.1. The van der Waals surface area contributed by atoms with E-state index in [1.165, 1.54) is 19.3 Å². The maximum absolute atomic E-state index is 14.2. The summed E-state index contributed by atoms with van der Waals surface area (Å²) in [6.07, 6.45) is 3.70. The van der Waals surface area contributed by atoms with Crippen LogP contribution in [-0.2, 0) is 13.1 Å². The second-order valence-corrected chi connectivity index (χ2v) is 5.40. The van der Waals surface area contributed by atoms with Gasteiger partial charge in [-0.3, -0.25) is 4.90 Å². The van der Waals surface area contributed by atoms with Crippen LogP contribution in [0.2, 0.25) is 0 Å². The summed E-state index contributed by atoms with van der Waals surface area (Å²) in [4.78, 5) is 2.40. The Balaban J connectivity index is 2.17. The molecule has 1 aromatic rings. The molecule has 0 aromatic heterocycles. The molecule has 2 nitrogen and oxygen atoms in total. The number of halogens is 1. The van der Waals surface area contributed by atoms with Crippen LogP contribution in [0.4, 0.5) is 4.39 Å². The fraction of sp³-hybridized carbons (Fsp3) is 0.600. The summed E-state index contributed by atoms with van der Waals surface area (Å²) in [7, 11) is 0. The van der Waals surface area contributed by atoms with Crippen molar-refractivity contribution in [2.45, 2.75) is 58.3 Å². The van der Waals surface area contributed by atoms with Crippen LogP contribution in [0.3, 0.4) is 0 Å². The van der Waals surface area contributed by atoms with E-state index >= 15 is 0 Å². The first-order valence-electron chi connectivity index (χ1n) is 6.85. The van der Waals surface area contributed by atoms with E-state index in [1.807, 2.05) is 12.1 Å². The Labute approximate surface area is 109 Å². The van der Waals surface area contributed by atoms with Crippen molar-refractivity contribution < 1.29 is 4.39 Å². The molecule has 1 aliphatic rings. The van der Waals surface area contributed by atoms with Gasteiger partial charge in [0.25, 0.3) is 0 Å². The van der Waals surface area contributed by atoms with Crippen LogP contribution in [0.15, 0.2) is 18.2 Å². The first-order chi connectivity index (χ1) is 8.63. The number of hydrogen-bond acceptors (Lipinski definition) is 2. The average molecular weight is 250 g/mol. The highest BCUT2D eigenvalue weighted by Crippen LogP contribution is 2.25. The number of rotatable bonds is 3. The summed E-state index contributed by atoms with van der Waals surface area (Å²) in [5, 5.41) is 0. The van der Waals surface area contributed by atoms with Crippen molar-refractivity contribution in [3.63, 3.8) is 0 Å². The molecule has 0 amide bonds. The van der Waals surface area contributed by atoms with E-state index in [4.69, 9.17) is 5.73 Å². The van der Waals surface area contributed by atoms with Gasteiger partial charge in [0.05, 0.1) is 0 Å². The van der Waals surface area contributed by atoms with E-state index in [-0.39, 0.29) is 12.4 Å². The third-order valence-electron chi connectivity index (χ3n) is 4.11. The van der Waals surface area contributed by atoms with Gasteiger partial charge in [-0.25, -0.2) is 4.39 Å². The van der Waals surface area contributed by atoms with Gasteiger partial charge in [-0.1, -0.05) is 24.6 Å².